The number of carbonyl (C=O) groups is 1. The predicted octanol–water partition coefficient (Wildman–Crippen LogP) is 2.56. The second kappa shape index (κ2) is 4.65. The lowest BCUT2D eigenvalue weighted by molar-refractivity contribution is 0.0860. The number of fused-ring (bicyclic) bond motifs is 1. The Hall–Kier alpha value is -1.09. The van der Waals surface area contributed by atoms with E-state index in [1.165, 1.54) is 19.3 Å². The Balaban J connectivity index is 1.78. The highest BCUT2D eigenvalue weighted by molar-refractivity contribution is 6.00. The van der Waals surface area contributed by atoms with Crippen LogP contribution in [0.15, 0.2) is 16.7 Å². The van der Waals surface area contributed by atoms with Gasteiger partial charge in [0.1, 0.15) is 5.76 Å². The summed E-state index contributed by atoms with van der Waals surface area (Å²) in [5, 5.41) is 3.55. The van der Waals surface area contributed by atoms with Gasteiger partial charge in [0.2, 0.25) is 0 Å². The van der Waals surface area contributed by atoms with Gasteiger partial charge < -0.3 is 9.73 Å². The van der Waals surface area contributed by atoms with Crippen molar-refractivity contribution in [3.05, 3.63) is 23.7 Å². The quantitative estimate of drug-likeness (QED) is 0.810. The molecule has 2 aliphatic rings. The first-order chi connectivity index (χ1) is 8.36. The van der Waals surface area contributed by atoms with Crippen molar-refractivity contribution in [2.45, 2.75) is 44.6 Å². The lowest BCUT2D eigenvalue weighted by Crippen LogP contribution is -2.41. The van der Waals surface area contributed by atoms with E-state index < -0.39 is 0 Å². The van der Waals surface area contributed by atoms with Gasteiger partial charge in [-0.3, -0.25) is 4.79 Å². The normalized spacial score (nSPS) is 29.8. The molecule has 0 saturated carbocycles. The maximum Gasteiger partial charge on any atom is 0.171 e. The Morgan fingerprint density at radius 1 is 1.24 bits per heavy atom. The van der Waals surface area contributed by atoms with Gasteiger partial charge in [0.05, 0.1) is 11.8 Å². The van der Waals surface area contributed by atoms with Crippen molar-refractivity contribution in [1.82, 2.24) is 5.32 Å². The molecule has 1 N–H and O–H groups in total. The molecule has 1 aliphatic heterocycles. The van der Waals surface area contributed by atoms with Crippen LogP contribution in [-0.2, 0) is 6.42 Å². The van der Waals surface area contributed by atoms with Crippen LogP contribution in [0.5, 0.6) is 0 Å². The molecular formula is C14H19NO2. The minimum atomic E-state index is 0.165. The Bertz CT molecular complexity index is 402. The molecule has 92 valence electrons. The summed E-state index contributed by atoms with van der Waals surface area (Å²) in [6, 6.07) is 2.22. The second-order valence-corrected chi connectivity index (χ2v) is 5.18. The second-order valence-electron chi connectivity index (χ2n) is 5.18. The van der Waals surface area contributed by atoms with Crippen molar-refractivity contribution in [3.8, 4) is 0 Å². The monoisotopic (exact) mass is 233 g/mol. The van der Waals surface area contributed by atoms with Gasteiger partial charge in [0, 0.05) is 18.4 Å². The minimum Gasteiger partial charge on any atom is -0.469 e. The lowest BCUT2D eigenvalue weighted by atomic mass is 9.80. The molecule has 3 heteroatoms. The maximum absolute atomic E-state index is 12.4. The molecule has 2 atom stereocenters. The van der Waals surface area contributed by atoms with Crippen molar-refractivity contribution >= 4 is 5.78 Å². The predicted molar refractivity (Wildman–Crippen MR) is 65.1 cm³/mol. The molecule has 0 bridgehead atoms. The van der Waals surface area contributed by atoms with Crippen LogP contribution in [0.2, 0.25) is 0 Å². The van der Waals surface area contributed by atoms with Crippen molar-refractivity contribution in [3.63, 3.8) is 0 Å². The Morgan fingerprint density at radius 3 is 3.12 bits per heavy atom. The smallest absolute Gasteiger partial charge is 0.171 e. The molecule has 0 spiro atoms. The fourth-order valence-electron chi connectivity index (χ4n) is 3.15. The summed E-state index contributed by atoms with van der Waals surface area (Å²) in [7, 11) is 0. The summed E-state index contributed by atoms with van der Waals surface area (Å²) < 4.78 is 5.35. The van der Waals surface area contributed by atoms with E-state index >= 15 is 0 Å². The molecule has 0 amide bonds. The zero-order valence-electron chi connectivity index (χ0n) is 10.1. The number of aryl methyl sites for hydroxylation is 1. The number of rotatable bonds is 1. The molecule has 1 saturated heterocycles. The van der Waals surface area contributed by atoms with Crippen LogP contribution in [0.3, 0.4) is 0 Å². The number of Topliss-reactive ketones (excluding diaryl/α,β-unsaturated/α-hetero) is 1. The van der Waals surface area contributed by atoms with Gasteiger partial charge in [0.25, 0.3) is 0 Å². The summed E-state index contributed by atoms with van der Waals surface area (Å²) >= 11 is 0. The van der Waals surface area contributed by atoms with Gasteiger partial charge in [-0.2, -0.15) is 0 Å². The largest absolute Gasteiger partial charge is 0.469 e. The van der Waals surface area contributed by atoms with Crippen molar-refractivity contribution in [2.24, 2.45) is 5.92 Å². The van der Waals surface area contributed by atoms with Crippen LogP contribution in [0, 0.1) is 5.92 Å². The Morgan fingerprint density at radius 2 is 2.18 bits per heavy atom. The zero-order chi connectivity index (χ0) is 11.7. The third kappa shape index (κ3) is 2.04. The Labute approximate surface area is 102 Å². The van der Waals surface area contributed by atoms with Crippen LogP contribution in [0.4, 0.5) is 0 Å². The van der Waals surface area contributed by atoms with E-state index in [2.05, 4.69) is 5.32 Å². The van der Waals surface area contributed by atoms with Gasteiger partial charge in [-0.1, -0.05) is 12.8 Å². The van der Waals surface area contributed by atoms with Crippen LogP contribution in [-0.4, -0.2) is 18.4 Å². The average molecular weight is 233 g/mol. The highest BCUT2D eigenvalue weighted by Crippen LogP contribution is 2.30. The topological polar surface area (TPSA) is 42.2 Å². The van der Waals surface area contributed by atoms with Crippen molar-refractivity contribution in [1.29, 1.82) is 0 Å². The van der Waals surface area contributed by atoms with E-state index in [0.717, 1.165) is 37.1 Å². The molecule has 3 rings (SSSR count). The first-order valence-electron chi connectivity index (χ1n) is 6.70. The standard InChI is InChI=1S/C14H19NO2/c16-14-10(12-4-2-1-3-8-15-12)5-6-13-11(14)7-9-17-13/h7,9-10,12,15H,1-6,8H2. The highest BCUT2D eigenvalue weighted by atomic mass is 16.3. The average Bonchev–Trinajstić information content (AvgIpc) is 2.66. The van der Waals surface area contributed by atoms with Crippen LogP contribution < -0.4 is 5.32 Å². The number of furan rings is 1. The molecule has 0 radical (unpaired) electrons. The van der Waals surface area contributed by atoms with Gasteiger partial charge >= 0.3 is 0 Å². The molecular weight excluding hydrogens is 214 g/mol. The maximum atomic E-state index is 12.4. The lowest BCUT2D eigenvalue weighted by Gasteiger charge is -2.28. The number of hydrogen-bond acceptors (Lipinski definition) is 3. The van der Waals surface area contributed by atoms with Crippen LogP contribution in [0.1, 0.15) is 48.2 Å². The summed E-state index contributed by atoms with van der Waals surface area (Å²) in [6.07, 6.45) is 8.43. The molecule has 2 heterocycles. The van der Waals surface area contributed by atoms with Crippen LogP contribution in [0.25, 0.3) is 0 Å². The number of ketones is 1. The molecule has 3 nitrogen and oxygen atoms in total. The molecule has 1 aromatic heterocycles. The molecule has 1 fully saturated rings. The summed E-state index contributed by atoms with van der Waals surface area (Å²) in [6.45, 7) is 1.06. The van der Waals surface area contributed by atoms with Gasteiger partial charge in [-0.15, -0.1) is 0 Å². The number of nitrogens with one attached hydrogen (secondary N) is 1. The highest BCUT2D eigenvalue weighted by Gasteiger charge is 2.34. The molecule has 2 unspecified atom stereocenters. The Kier molecular flexibility index (Phi) is 3.02. The number of hydrogen-bond donors (Lipinski definition) is 1. The minimum absolute atomic E-state index is 0.165. The SMILES string of the molecule is O=C1c2ccoc2CCC1C1CCCCCN1. The first kappa shape index (κ1) is 11.0. The summed E-state index contributed by atoms with van der Waals surface area (Å²) in [5.74, 6) is 1.34. The zero-order valence-corrected chi connectivity index (χ0v) is 10.1. The van der Waals surface area contributed by atoms with E-state index in [0.29, 0.717) is 11.8 Å². The van der Waals surface area contributed by atoms with E-state index in [9.17, 15) is 4.79 Å². The first-order valence-corrected chi connectivity index (χ1v) is 6.70. The van der Waals surface area contributed by atoms with Gasteiger partial charge in [-0.25, -0.2) is 0 Å². The van der Waals surface area contributed by atoms with E-state index in [1.54, 1.807) is 6.26 Å². The van der Waals surface area contributed by atoms with E-state index in [-0.39, 0.29) is 5.92 Å². The summed E-state index contributed by atoms with van der Waals surface area (Å²) in [4.78, 5) is 12.4. The molecule has 1 aliphatic carbocycles. The molecule has 0 aromatic carbocycles. The van der Waals surface area contributed by atoms with E-state index in [4.69, 9.17) is 4.42 Å². The third-order valence-electron chi connectivity index (χ3n) is 4.11. The summed E-state index contributed by atoms with van der Waals surface area (Å²) in [5.41, 5.74) is 0.826. The fourth-order valence-corrected chi connectivity index (χ4v) is 3.15. The van der Waals surface area contributed by atoms with Crippen molar-refractivity contribution < 1.29 is 9.21 Å². The number of carbonyl (C=O) groups excluding carboxylic acids is 1. The van der Waals surface area contributed by atoms with Crippen molar-refractivity contribution in [2.75, 3.05) is 6.54 Å². The van der Waals surface area contributed by atoms with Gasteiger partial charge in [-0.05, 0) is 31.9 Å². The molecule has 1 aromatic rings. The molecule has 17 heavy (non-hydrogen) atoms. The fraction of sp³-hybridized carbons (Fsp3) is 0.643. The third-order valence-corrected chi connectivity index (χ3v) is 4.11. The van der Waals surface area contributed by atoms with E-state index in [1.807, 2.05) is 6.07 Å². The van der Waals surface area contributed by atoms with Gasteiger partial charge in [0.15, 0.2) is 5.78 Å². The van der Waals surface area contributed by atoms with Crippen LogP contribution >= 0.6 is 0 Å².